The molecule has 0 saturated carbocycles. The molecular formula is C39H44N2O8. The van der Waals surface area contributed by atoms with Crippen LogP contribution in [0.2, 0.25) is 0 Å². The van der Waals surface area contributed by atoms with Crippen LogP contribution in [0.3, 0.4) is 0 Å². The van der Waals surface area contributed by atoms with Crippen LogP contribution >= 0.6 is 0 Å². The van der Waals surface area contributed by atoms with E-state index in [-0.39, 0.29) is 23.6 Å². The highest BCUT2D eigenvalue weighted by atomic mass is 16.5. The molecule has 2 N–H and O–H groups in total. The van der Waals surface area contributed by atoms with Crippen molar-refractivity contribution < 1.29 is 38.6 Å². The summed E-state index contributed by atoms with van der Waals surface area (Å²) in [7, 11) is 12.3. The van der Waals surface area contributed by atoms with Crippen LogP contribution in [0.4, 0.5) is 0 Å². The van der Waals surface area contributed by atoms with E-state index in [0.29, 0.717) is 46.7 Å². The van der Waals surface area contributed by atoms with E-state index in [9.17, 15) is 10.2 Å². The minimum absolute atomic E-state index is 0.00363. The molecule has 0 spiro atoms. The zero-order chi connectivity index (χ0) is 34.6. The molecule has 49 heavy (non-hydrogen) atoms. The first-order valence-electron chi connectivity index (χ1n) is 16.6. The lowest BCUT2D eigenvalue weighted by Gasteiger charge is -2.40. The summed E-state index contributed by atoms with van der Waals surface area (Å²) in [5.41, 5.74) is 8.26. The van der Waals surface area contributed by atoms with E-state index in [1.807, 2.05) is 24.3 Å². The number of rotatable bonds is 9. The fourth-order valence-electron chi connectivity index (χ4n) is 7.87. The van der Waals surface area contributed by atoms with Crippen LogP contribution in [0, 0.1) is 0 Å². The molecule has 0 bridgehead atoms. The Bertz CT molecular complexity index is 1920. The Morgan fingerprint density at radius 2 is 1.24 bits per heavy atom. The maximum Gasteiger partial charge on any atom is 0.169 e. The number of aromatic hydroxyl groups is 2. The Morgan fingerprint density at radius 3 is 1.96 bits per heavy atom. The molecule has 7 rings (SSSR count). The van der Waals surface area contributed by atoms with Gasteiger partial charge in [0.25, 0.3) is 0 Å². The number of hydrogen-bond acceptors (Lipinski definition) is 10. The highest BCUT2D eigenvalue weighted by molar-refractivity contribution is 5.84. The number of likely N-dealkylation sites (N-methyl/N-ethyl adjacent to an activating group) is 2. The Kier molecular flexibility index (Phi) is 8.62. The molecule has 0 saturated heterocycles. The van der Waals surface area contributed by atoms with Crippen LogP contribution < -0.4 is 28.4 Å². The second-order valence-electron chi connectivity index (χ2n) is 13.1. The molecule has 4 aromatic carbocycles. The van der Waals surface area contributed by atoms with Crippen molar-refractivity contribution in [2.75, 3.05) is 62.7 Å². The molecule has 2 heterocycles. The van der Waals surface area contributed by atoms with E-state index in [2.05, 4.69) is 36.0 Å². The van der Waals surface area contributed by atoms with Crippen molar-refractivity contribution in [1.82, 2.24) is 9.80 Å². The third kappa shape index (κ3) is 5.53. The Labute approximate surface area is 287 Å². The number of fused-ring (bicyclic) bond motifs is 3. The van der Waals surface area contributed by atoms with E-state index in [1.165, 1.54) is 11.1 Å². The van der Waals surface area contributed by atoms with Gasteiger partial charge in [0, 0.05) is 42.4 Å². The van der Waals surface area contributed by atoms with Gasteiger partial charge in [-0.25, -0.2) is 0 Å². The Hall–Kier alpha value is -4.80. The van der Waals surface area contributed by atoms with E-state index in [4.69, 9.17) is 28.4 Å². The van der Waals surface area contributed by atoms with Gasteiger partial charge in [0.1, 0.15) is 5.75 Å². The Morgan fingerprint density at radius 1 is 0.633 bits per heavy atom. The lowest BCUT2D eigenvalue weighted by Crippen LogP contribution is -2.35. The van der Waals surface area contributed by atoms with Crippen molar-refractivity contribution in [3.63, 3.8) is 0 Å². The van der Waals surface area contributed by atoms with Gasteiger partial charge in [0.15, 0.2) is 46.0 Å². The number of benzene rings is 4. The number of nitrogens with zero attached hydrogens (tertiary/aromatic N) is 2. The summed E-state index contributed by atoms with van der Waals surface area (Å²) in [5.74, 6) is 3.85. The summed E-state index contributed by atoms with van der Waals surface area (Å²) in [5, 5.41) is 22.4. The smallest absolute Gasteiger partial charge is 0.169 e. The summed E-state index contributed by atoms with van der Waals surface area (Å²) in [6.45, 7) is 1.78. The first-order valence-corrected chi connectivity index (χ1v) is 16.6. The monoisotopic (exact) mass is 668 g/mol. The van der Waals surface area contributed by atoms with Crippen LogP contribution in [0.15, 0.2) is 42.5 Å². The van der Waals surface area contributed by atoms with Gasteiger partial charge in [-0.3, -0.25) is 9.80 Å². The third-order valence-electron chi connectivity index (χ3n) is 10.5. The fourth-order valence-corrected chi connectivity index (χ4v) is 7.87. The minimum Gasteiger partial charge on any atom is -0.504 e. The second kappa shape index (κ2) is 12.9. The van der Waals surface area contributed by atoms with Crippen LogP contribution in [0.25, 0.3) is 11.1 Å². The van der Waals surface area contributed by atoms with Crippen LogP contribution in [0.5, 0.6) is 51.7 Å². The quantitative estimate of drug-likeness (QED) is 0.207. The average molecular weight is 669 g/mol. The number of phenolic OH excluding ortho intramolecular Hbond substituents is 2. The van der Waals surface area contributed by atoms with Gasteiger partial charge < -0.3 is 38.6 Å². The highest BCUT2D eigenvalue weighted by Gasteiger charge is 2.37. The van der Waals surface area contributed by atoms with Crippen molar-refractivity contribution in [2.45, 2.75) is 37.8 Å². The molecule has 0 fully saturated rings. The lowest BCUT2D eigenvalue weighted by molar-refractivity contribution is 0.226. The van der Waals surface area contributed by atoms with Gasteiger partial charge in [-0.15, -0.1) is 0 Å². The van der Waals surface area contributed by atoms with E-state index < -0.39 is 0 Å². The van der Waals surface area contributed by atoms with E-state index >= 15 is 0 Å². The maximum atomic E-state index is 11.4. The molecule has 4 aromatic rings. The molecule has 2 aliphatic heterocycles. The number of hydrogen-bond donors (Lipinski definition) is 2. The summed E-state index contributed by atoms with van der Waals surface area (Å²) in [6.07, 6.45) is 3.09. The largest absolute Gasteiger partial charge is 0.504 e. The number of methoxy groups -OCH3 is 5. The van der Waals surface area contributed by atoms with Crippen molar-refractivity contribution in [2.24, 2.45) is 0 Å². The van der Waals surface area contributed by atoms with Crippen LogP contribution in [-0.4, -0.2) is 82.7 Å². The fraction of sp³-hybridized carbons (Fsp3) is 0.385. The molecular weight excluding hydrogens is 624 g/mol. The van der Waals surface area contributed by atoms with Gasteiger partial charge in [-0.2, -0.15) is 0 Å². The first-order chi connectivity index (χ1) is 23.7. The van der Waals surface area contributed by atoms with Crippen LogP contribution in [-0.2, 0) is 25.7 Å². The molecule has 2 unspecified atom stereocenters. The van der Waals surface area contributed by atoms with E-state index in [0.717, 1.165) is 65.7 Å². The highest BCUT2D eigenvalue weighted by Crippen LogP contribution is 2.54. The molecule has 258 valence electrons. The summed E-state index contributed by atoms with van der Waals surface area (Å²) < 4.78 is 35.1. The predicted octanol–water partition coefficient (Wildman–Crippen LogP) is 6.46. The second-order valence-corrected chi connectivity index (χ2v) is 13.1. The summed E-state index contributed by atoms with van der Waals surface area (Å²) >= 11 is 0. The third-order valence-corrected chi connectivity index (χ3v) is 10.5. The SMILES string of the molecule is COc1cc(CC2c3cc(OC)c(OC)cc3CCN2C)c(Oc2cc3c(cc2OC)-c2c(O)c(OC)cc4c2C(C3)N(C)CC4)cc1O. The molecule has 0 radical (unpaired) electrons. The van der Waals surface area contributed by atoms with Crippen molar-refractivity contribution in [3.05, 3.63) is 75.8 Å². The molecule has 0 aromatic heterocycles. The van der Waals surface area contributed by atoms with Crippen molar-refractivity contribution in [3.8, 4) is 62.9 Å². The number of phenols is 2. The lowest BCUT2D eigenvalue weighted by atomic mass is 9.76. The molecule has 10 nitrogen and oxygen atoms in total. The molecule has 0 amide bonds. The molecule has 3 aliphatic rings. The van der Waals surface area contributed by atoms with Crippen molar-refractivity contribution >= 4 is 0 Å². The molecule has 1 aliphatic carbocycles. The van der Waals surface area contributed by atoms with Crippen molar-refractivity contribution in [1.29, 1.82) is 0 Å². The van der Waals surface area contributed by atoms with Gasteiger partial charge in [-0.05, 0) is 110 Å². The van der Waals surface area contributed by atoms with Gasteiger partial charge in [0.05, 0.1) is 35.5 Å². The molecule has 10 heteroatoms. The van der Waals surface area contributed by atoms with Gasteiger partial charge >= 0.3 is 0 Å². The topological polar surface area (TPSA) is 102 Å². The normalized spacial score (nSPS) is 18.2. The van der Waals surface area contributed by atoms with Crippen LogP contribution in [0.1, 0.15) is 45.5 Å². The minimum atomic E-state index is -0.0238. The number of ether oxygens (including phenoxy) is 6. The first kappa shape index (κ1) is 32.7. The van der Waals surface area contributed by atoms with E-state index in [1.54, 1.807) is 41.6 Å². The van der Waals surface area contributed by atoms with Gasteiger partial charge in [-0.1, -0.05) is 0 Å². The zero-order valence-corrected chi connectivity index (χ0v) is 29.2. The zero-order valence-electron chi connectivity index (χ0n) is 29.2. The average Bonchev–Trinajstić information content (AvgIpc) is 3.11. The standard InChI is InChI=1S/C39H44N2O8/c1-40-10-8-21-14-32(45-4)33(46-5)18-25(21)27(40)13-24-17-31(44-3)29(42)20-30(24)49-35-16-23-12-28-37-22(9-11-41(28)2)15-36(48-7)39(43)38(37)26(23)19-34(35)47-6/h14-20,27-28,42-43H,8-13H2,1-7H3. The van der Waals surface area contributed by atoms with Gasteiger partial charge in [0.2, 0.25) is 0 Å². The Balaban J connectivity index is 1.31. The molecule has 2 atom stereocenters. The predicted molar refractivity (Wildman–Crippen MR) is 186 cm³/mol. The maximum absolute atomic E-state index is 11.4. The summed E-state index contributed by atoms with van der Waals surface area (Å²) in [6, 6.07) is 13.6. The summed E-state index contributed by atoms with van der Waals surface area (Å²) in [4.78, 5) is 4.66.